The third kappa shape index (κ3) is 3.71. The van der Waals surface area contributed by atoms with E-state index in [9.17, 15) is 18.4 Å². The van der Waals surface area contributed by atoms with E-state index in [1.165, 1.54) is 0 Å². The van der Waals surface area contributed by atoms with Gasteiger partial charge in [0.25, 0.3) is 5.92 Å². The smallest absolute Gasteiger partial charge is 0.317 e. The maximum absolute atomic E-state index is 12.5. The predicted molar refractivity (Wildman–Crippen MR) is 59.5 cm³/mol. The first-order valence-electron chi connectivity index (χ1n) is 5.91. The summed E-state index contributed by atoms with van der Waals surface area (Å²) in [5.41, 5.74) is 0. The lowest BCUT2D eigenvalue weighted by Crippen LogP contribution is -2.61. The first-order chi connectivity index (χ1) is 8.46. The van der Waals surface area contributed by atoms with Crippen molar-refractivity contribution in [3.05, 3.63) is 0 Å². The van der Waals surface area contributed by atoms with Gasteiger partial charge in [-0.25, -0.2) is 18.4 Å². The largest absolute Gasteiger partial charge is 0.336 e. The monoisotopic (exact) mass is 262 g/mol. The zero-order valence-electron chi connectivity index (χ0n) is 9.84. The van der Waals surface area contributed by atoms with Gasteiger partial charge in [-0.15, -0.1) is 0 Å². The Morgan fingerprint density at radius 1 is 1.17 bits per heavy atom. The van der Waals surface area contributed by atoms with Crippen LogP contribution in [0, 0.1) is 0 Å². The highest BCUT2D eigenvalue weighted by molar-refractivity contribution is 5.76. The fraction of sp³-hybridized carbons (Fsp3) is 0.800. The fourth-order valence-electron chi connectivity index (χ4n) is 1.58. The molecule has 0 radical (unpaired) electrons. The number of nitrogens with zero attached hydrogens (tertiary/aromatic N) is 1. The maximum atomic E-state index is 12.5. The van der Waals surface area contributed by atoms with Gasteiger partial charge in [-0.3, -0.25) is 0 Å². The number of urea groups is 2. The molecule has 1 heterocycles. The molecule has 2 fully saturated rings. The van der Waals surface area contributed by atoms with E-state index in [0.717, 1.165) is 17.7 Å². The lowest BCUT2D eigenvalue weighted by molar-refractivity contribution is -0.109. The quantitative estimate of drug-likeness (QED) is 0.629. The van der Waals surface area contributed by atoms with Gasteiger partial charge in [0, 0.05) is 19.1 Å². The number of nitrogens with one attached hydrogen (secondary N) is 3. The Morgan fingerprint density at radius 3 is 2.33 bits per heavy atom. The van der Waals surface area contributed by atoms with E-state index in [1.807, 2.05) is 0 Å². The number of alkyl halides is 2. The molecule has 1 saturated heterocycles. The standard InChI is InChI=1S/C10H16F2N4O2/c11-10(12)5-16(6-10)9(18)14-4-3-13-8(17)15-7-1-2-7/h7H,1-6H2,(H,14,18)(H2,13,15,17). The Labute approximate surface area is 103 Å². The zero-order chi connectivity index (χ0) is 13.2. The van der Waals surface area contributed by atoms with Gasteiger partial charge in [0.15, 0.2) is 0 Å². The van der Waals surface area contributed by atoms with E-state index in [0.29, 0.717) is 0 Å². The van der Waals surface area contributed by atoms with Crippen molar-refractivity contribution in [2.75, 3.05) is 26.2 Å². The average molecular weight is 262 g/mol. The van der Waals surface area contributed by atoms with Crippen molar-refractivity contribution >= 4 is 12.1 Å². The van der Waals surface area contributed by atoms with Crippen molar-refractivity contribution in [1.82, 2.24) is 20.9 Å². The fourth-order valence-corrected chi connectivity index (χ4v) is 1.58. The van der Waals surface area contributed by atoms with E-state index in [1.54, 1.807) is 0 Å². The normalized spacial score (nSPS) is 20.9. The molecule has 1 aliphatic carbocycles. The summed E-state index contributed by atoms with van der Waals surface area (Å²) >= 11 is 0. The molecule has 3 N–H and O–H groups in total. The van der Waals surface area contributed by atoms with E-state index in [2.05, 4.69) is 16.0 Å². The van der Waals surface area contributed by atoms with Crippen LogP contribution in [-0.4, -0.2) is 55.1 Å². The van der Waals surface area contributed by atoms with Crippen LogP contribution in [0.2, 0.25) is 0 Å². The van der Waals surface area contributed by atoms with Gasteiger partial charge in [-0.05, 0) is 12.8 Å². The lowest BCUT2D eigenvalue weighted by Gasteiger charge is -2.38. The van der Waals surface area contributed by atoms with Crippen LogP contribution in [0.4, 0.5) is 18.4 Å². The molecule has 6 nitrogen and oxygen atoms in total. The lowest BCUT2D eigenvalue weighted by atomic mass is 10.2. The Kier molecular flexibility index (Phi) is 3.53. The Hall–Kier alpha value is -1.60. The molecular weight excluding hydrogens is 246 g/mol. The molecule has 1 aliphatic heterocycles. The molecule has 8 heteroatoms. The maximum Gasteiger partial charge on any atom is 0.317 e. The van der Waals surface area contributed by atoms with Gasteiger partial charge < -0.3 is 20.9 Å². The minimum absolute atomic E-state index is 0.221. The van der Waals surface area contributed by atoms with Crippen LogP contribution in [0.25, 0.3) is 0 Å². The minimum atomic E-state index is -2.75. The molecule has 18 heavy (non-hydrogen) atoms. The van der Waals surface area contributed by atoms with Crippen molar-refractivity contribution in [2.24, 2.45) is 0 Å². The summed E-state index contributed by atoms with van der Waals surface area (Å²) in [7, 11) is 0. The molecule has 2 rings (SSSR count). The highest BCUT2D eigenvalue weighted by Gasteiger charge is 2.46. The molecule has 0 aromatic carbocycles. The molecular formula is C10H16F2N4O2. The average Bonchev–Trinajstić information content (AvgIpc) is 3.04. The second-order valence-electron chi connectivity index (χ2n) is 4.62. The first kappa shape index (κ1) is 12.8. The number of rotatable bonds is 4. The molecule has 0 aromatic heterocycles. The van der Waals surface area contributed by atoms with Crippen LogP contribution in [0.15, 0.2) is 0 Å². The van der Waals surface area contributed by atoms with Gasteiger partial charge in [0.2, 0.25) is 0 Å². The van der Waals surface area contributed by atoms with Crippen molar-refractivity contribution in [3.8, 4) is 0 Å². The summed E-state index contributed by atoms with van der Waals surface area (Å²) in [5.74, 6) is -2.75. The number of amides is 4. The van der Waals surface area contributed by atoms with Crippen LogP contribution in [0.5, 0.6) is 0 Å². The van der Waals surface area contributed by atoms with Gasteiger partial charge in [0.1, 0.15) is 0 Å². The second kappa shape index (κ2) is 4.95. The van der Waals surface area contributed by atoms with Crippen LogP contribution >= 0.6 is 0 Å². The van der Waals surface area contributed by atoms with Crippen LogP contribution in [0.3, 0.4) is 0 Å². The summed E-state index contributed by atoms with van der Waals surface area (Å²) < 4.78 is 25.0. The molecule has 0 aromatic rings. The van der Waals surface area contributed by atoms with E-state index in [4.69, 9.17) is 0 Å². The number of hydrogen-bond donors (Lipinski definition) is 3. The topological polar surface area (TPSA) is 73.5 Å². The van der Waals surface area contributed by atoms with Crippen molar-refractivity contribution in [3.63, 3.8) is 0 Å². The molecule has 2 aliphatic rings. The van der Waals surface area contributed by atoms with E-state index >= 15 is 0 Å². The van der Waals surface area contributed by atoms with Crippen LogP contribution in [0.1, 0.15) is 12.8 Å². The highest BCUT2D eigenvalue weighted by atomic mass is 19.3. The SMILES string of the molecule is O=C(NCCNC(=O)N1CC(F)(F)C1)NC1CC1. The van der Waals surface area contributed by atoms with E-state index < -0.39 is 25.0 Å². The van der Waals surface area contributed by atoms with Gasteiger partial charge in [-0.2, -0.15) is 0 Å². The highest BCUT2D eigenvalue weighted by Crippen LogP contribution is 2.26. The summed E-state index contributed by atoms with van der Waals surface area (Å²) in [4.78, 5) is 23.5. The molecule has 4 amide bonds. The van der Waals surface area contributed by atoms with E-state index in [-0.39, 0.29) is 25.2 Å². The minimum Gasteiger partial charge on any atom is -0.336 e. The molecule has 0 atom stereocenters. The van der Waals surface area contributed by atoms with Gasteiger partial charge in [0.05, 0.1) is 13.1 Å². The predicted octanol–water partition coefficient (Wildman–Crippen LogP) is 0.108. The summed E-state index contributed by atoms with van der Waals surface area (Å²) in [6, 6.07) is -0.504. The summed E-state index contributed by atoms with van der Waals surface area (Å²) in [6.45, 7) is -0.573. The van der Waals surface area contributed by atoms with Crippen LogP contribution in [-0.2, 0) is 0 Å². The second-order valence-corrected chi connectivity index (χ2v) is 4.62. The molecule has 102 valence electrons. The zero-order valence-corrected chi connectivity index (χ0v) is 9.84. The molecule has 1 saturated carbocycles. The summed E-state index contributed by atoms with van der Waals surface area (Å²) in [6.07, 6.45) is 2.01. The number of likely N-dealkylation sites (tertiary alicyclic amines) is 1. The third-order valence-corrected chi connectivity index (χ3v) is 2.73. The number of hydrogen-bond acceptors (Lipinski definition) is 2. The van der Waals surface area contributed by atoms with Crippen molar-refractivity contribution in [1.29, 1.82) is 0 Å². The molecule has 0 unspecified atom stereocenters. The number of halogens is 2. The third-order valence-electron chi connectivity index (χ3n) is 2.73. The van der Waals surface area contributed by atoms with Crippen molar-refractivity contribution < 1.29 is 18.4 Å². The first-order valence-corrected chi connectivity index (χ1v) is 5.91. The van der Waals surface area contributed by atoms with Gasteiger partial charge >= 0.3 is 12.1 Å². The number of carbonyl (C=O) groups excluding carboxylic acids is 2. The number of carbonyl (C=O) groups is 2. The Balaban J connectivity index is 1.50. The summed E-state index contributed by atoms with van der Waals surface area (Å²) in [5, 5.41) is 7.75. The van der Waals surface area contributed by atoms with Crippen molar-refractivity contribution in [2.45, 2.75) is 24.8 Å². The Bertz CT molecular complexity index is 339. The molecule has 0 spiro atoms. The molecule has 0 bridgehead atoms. The van der Waals surface area contributed by atoms with Crippen LogP contribution < -0.4 is 16.0 Å². The Morgan fingerprint density at radius 2 is 1.78 bits per heavy atom. The van der Waals surface area contributed by atoms with Gasteiger partial charge in [-0.1, -0.05) is 0 Å².